The van der Waals surface area contributed by atoms with Crippen LogP contribution in [0.2, 0.25) is 0 Å². The van der Waals surface area contributed by atoms with E-state index in [0.717, 1.165) is 0 Å². The molecule has 2 aliphatic heterocycles. The van der Waals surface area contributed by atoms with E-state index in [9.17, 15) is 14.4 Å². The van der Waals surface area contributed by atoms with Crippen molar-refractivity contribution in [1.29, 1.82) is 0 Å². The molecule has 0 bridgehead atoms. The van der Waals surface area contributed by atoms with Crippen LogP contribution in [0.5, 0.6) is 5.75 Å². The van der Waals surface area contributed by atoms with Crippen molar-refractivity contribution < 1.29 is 24.2 Å². The Kier molecular flexibility index (Phi) is 3.25. The minimum absolute atomic E-state index is 0.0597. The average Bonchev–Trinajstić information content (AvgIpc) is 2.92. The fourth-order valence-electron chi connectivity index (χ4n) is 2.57. The zero-order chi connectivity index (χ0) is 15.0. The summed E-state index contributed by atoms with van der Waals surface area (Å²) < 4.78 is 5.38. The molecule has 0 radical (unpaired) electrons. The van der Waals surface area contributed by atoms with Crippen molar-refractivity contribution in [3.05, 3.63) is 24.3 Å². The Morgan fingerprint density at radius 1 is 1.33 bits per heavy atom. The number of rotatable bonds is 2. The van der Waals surface area contributed by atoms with Gasteiger partial charge in [0.2, 0.25) is 17.9 Å². The van der Waals surface area contributed by atoms with Crippen LogP contribution >= 0.6 is 0 Å². The highest BCUT2D eigenvalue weighted by molar-refractivity contribution is 6.01. The molecule has 110 valence electrons. The Hall–Kier alpha value is -2.57. The van der Waals surface area contributed by atoms with E-state index in [2.05, 4.69) is 5.32 Å². The lowest BCUT2D eigenvalue weighted by Crippen LogP contribution is -2.49. The second kappa shape index (κ2) is 5.08. The van der Waals surface area contributed by atoms with Crippen molar-refractivity contribution in [2.75, 3.05) is 18.0 Å². The maximum absolute atomic E-state index is 12.6. The van der Waals surface area contributed by atoms with E-state index in [4.69, 9.17) is 9.84 Å². The van der Waals surface area contributed by atoms with E-state index in [1.807, 2.05) is 0 Å². The van der Waals surface area contributed by atoms with Gasteiger partial charge in [-0.05, 0) is 12.1 Å². The van der Waals surface area contributed by atoms with Gasteiger partial charge in [0.25, 0.3) is 0 Å². The van der Waals surface area contributed by atoms with Gasteiger partial charge in [0.05, 0.1) is 18.2 Å². The Labute approximate surface area is 120 Å². The molecular formula is C14H14N2O5. The fraction of sp³-hybridized carbons (Fsp3) is 0.357. The molecule has 7 nitrogen and oxygen atoms in total. The minimum atomic E-state index is -1.12. The van der Waals surface area contributed by atoms with E-state index >= 15 is 0 Å². The second-order valence-corrected chi connectivity index (χ2v) is 5.07. The van der Waals surface area contributed by atoms with Crippen LogP contribution in [0.25, 0.3) is 0 Å². The van der Waals surface area contributed by atoms with Crippen molar-refractivity contribution in [3.63, 3.8) is 0 Å². The summed E-state index contributed by atoms with van der Waals surface area (Å²) in [6, 6.07) is 6.80. The summed E-state index contributed by atoms with van der Waals surface area (Å²) in [7, 11) is 0. The second-order valence-electron chi connectivity index (χ2n) is 5.07. The lowest BCUT2D eigenvalue weighted by atomic mass is 10.0. The van der Waals surface area contributed by atoms with Crippen LogP contribution in [0.4, 0.5) is 5.69 Å². The molecular weight excluding hydrogens is 276 g/mol. The third-order valence-corrected chi connectivity index (χ3v) is 3.64. The third-order valence-electron chi connectivity index (χ3n) is 3.64. The normalized spacial score (nSPS) is 24.0. The number of anilines is 1. The number of nitrogens with zero attached hydrogens (tertiary/aromatic N) is 1. The standard InChI is InChI=1S/C14H14N2O5/c17-12-5-8(6-15-12)13(18)16-7-11(14(19)20)21-10-4-2-1-3-9(10)16/h1-4,8,11H,5-7H2,(H,15,17)(H,19,20). The van der Waals surface area contributed by atoms with Gasteiger partial charge >= 0.3 is 5.97 Å². The van der Waals surface area contributed by atoms with Gasteiger partial charge in [-0.25, -0.2) is 4.79 Å². The number of benzene rings is 1. The number of para-hydroxylation sites is 2. The van der Waals surface area contributed by atoms with Gasteiger partial charge in [-0.15, -0.1) is 0 Å². The van der Waals surface area contributed by atoms with Crippen LogP contribution in [0.15, 0.2) is 24.3 Å². The average molecular weight is 290 g/mol. The van der Waals surface area contributed by atoms with E-state index < -0.39 is 18.0 Å². The van der Waals surface area contributed by atoms with Gasteiger partial charge in [0.15, 0.2) is 0 Å². The smallest absolute Gasteiger partial charge is 0.346 e. The molecule has 2 amide bonds. The largest absolute Gasteiger partial charge is 0.478 e. The zero-order valence-corrected chi connectivity index (χ0v) is 11.1. The number of ether oxygens (including phenoxy) is 1. The quantitative estimate of drug-likeness (QED) is 0.799. The Morgan fingerprint density at radius 3 is 2.76 bits per heavy atom. The van der Waals surface area contributed by atoms with Gasteiger partial charge in [0.1, 0.15) is 5.75 Å². The number of aliphatic carboxylic acids is 1. The molecule has 1 saturated heterocycles. The number of hydrogen-bond acceptors (Lipinski definition) is 4. The fourth-order valence-corrected chi connectivity index (χ4v) is 2.57. The van der Waals surface area contributed by atoms with Crippen molar-refractivity contribution in [3.8, 4) is 5.75 Å². The molecule has 0 saturated carbocycles. The van der Waals surface area contributed by atoms with Crippen molar-refractivity contribution in [2.24, 2.45) is 5.92 Å². The van der Waals surface area contributed by atoms with E-state index in [0.29, 0.717) is 11.4 Å². The van der Waals surface area contributed by atoms with E-state index in [1.54, 1.807) is 24.3 Å². The molecule has 21 heavy (non-hydrogen) atoms. The lowest BCUT2D eigenvalue weighted by molar-refractivity contribution is -0.145. The van der Waals surface area contributed by atoms with Crippen molar-refractivity contribution in [1.82, 2.24) is 5.32 Å². The van der Waals surface area contributed by atoms with Gasteiger partial charge < -0.3 is 20.1 Å². The molecule has 1 aromatic rings. The first-order valence-corrected chi connectivity index (χ1v) is 6.63. The summed E-state index contributed by atoms with van der Waals surface area (Å²) in [6.07, 6.45) is -0.968. The highest BCUT2D eigenvalue weighted by atomic mass is 16.5. The molecule has 1 aromatic carbocycles. The minimum Gasteiger partial charge on any atom is -0.478 e. The van der Waals surface area contributed by atoms with Crippen LogP contribution in [-0.4, -0.2) is 42.1 Å². The summed E-state index contributed by atoms with van der Waals surface area (Å²) in [5.74, 6) is -1.64. The first kappa shape index (κ1) is 13.4. The number of carbonyl (C=O) groups is 3. The maximum Gasteiger partial charge on any atom is 0.346 e. The number of carboxylic acid groups (broad SMARTS) is 1. The zero-order valence-electron chi connectivity index (χ0n) is 11.1. The van der Waals surface area contributed by atoms with E-state index in [-0.39, 0.29) is 31.3 Å². The first-order chi connectivity index (χ1) is 10.1. The molecule has 0 aromatic heterocycles. The molecule has 7 heteroatoms. The summed E-state index contributed by atoms with van der Waals surface area (Å²) in [6.45, 7) is 0.227. The molecule has 0 spiro atoms. The molecule has 2 N–H and O–H groups in total. The van der Waals surface area contributed by atoms with Gasteiger partial charge in [0, 0.05) is 13.0 Å². The molecule has 2 atom stereocenters. The van der Waals surface area contributed by atoms with Crippen LogP contribution in [0, 0.1) is 5.92 Å². The molecule has 3 rings (SSSR count). The number of hydrogen-bond donors (Lipinski definition) is 2. The molecule has 2 heterocycles. The number of amides is 2. The topological polar surface area (TPSA) is 95.9 Å². The number of nitrogens with one attached hydrogen (secondary N) is 1. The van der Waals surface area contributed by atoms with Crippen LogP contribution < -0.4 is 15.0 Å². The SMILES string of the molecule is O=C1CC(C(=O)N2CC(C(=O)O)Oc3ccccc32)CN1. The molecule has 2 aliphatic rings. The summed E-state index contributed by atoms with van der Waals surface area (Å²) in [5.41, 5.74) is 0.541. The highest BCUT2D eigenvalue weighted by Crippen LogP contribution is 2.34. The summed E-state index contributed by atoms with van der Waals surface area (Å²) in [4.78, 5) is 36.4. The third kappa shape index (κ3) is 2.42. The predicted molar refractivity (Wildman–Crippen MR) is 72.0 cm³/mol. The Bertz CT molecular complexity index is 615. The first-order valence-electron chi connectivity index (χ1n) is 6.63. The monoisotopic (exact) mass is 290 g/mol. The Balaban J connectivity index is 1.91. The van der Waals surface area contributed by atoms with Crippen LogP contribution in [-0.2, 0) is 14.4 Å². The molecule has 2 unspecified atom stereocenters. The summed E-state index contributed by atoms with van der Waals surface area (Å²) in [5, 5.41) is 11.8. The van der Waals surface area contributed by atoms with Gasteiger partial charge in [-0.2, -0.15) is 0 Å². The van der Waals surface area contributed by atoms with Crippen LogP contribution in [0.1, 0.15) is 6.42 Å². The highest BCUT2D eigenvalue weighted by Gasteiger charge is 2.38. The number of fused-ring (bicyclic) bond motifs is 1. The van der Waals surface area contributed by atoms with E-state index in [1.165, 1.54) is 4.90 Å². The predicted octanol–water partition coefficient (Wildman–Crippen LogP) is 0.00130. The van der Waals surface area contributed by atoms with Crippen molar-refractivity contribution in [2.45, 2.75) is 12.5 Å². The Morgan fingerprint density at radius 2 is 2.10 bits per heavy atom. The summed E-state index contributed by atoms with van der Waals surface area (Å²) >= 11 is 0. The number of carboxylic acids is 1. The lowest BCUT2D eigenvalue weighted by Gasteiger charge is -2.34. The molecule has 1 fully saturated rings. The number of carbonyl (C=O) groups excluding carboxylic acids is 2. The van der Waals surface area contributed by atoms with Gasteiger partial charge in [-0.3, -0.25) is 9.59 Å². The van der Waals surface area contributed by atoms with Crippen molar-refractivity contribution >= 4 is 23.5 Å². The van der Waals surface area contributed by atoms with Gasteiger partial charge in [-0.1, -0.05) is 12.1 Å². The van der Waals surface area contributed by atoms with Crippen LogP contribution in [0.3, 0.4) is 0 Å². The molecule has 0 aliphatic carbocycles. The maximum atomic E-state index is 12.6.